The first kappa shape index (κ1) is 19.6. The van der Waals surface area contributed by atoms with Gasteiger partial charge in [-0.3, -0.25) is 4.79 Å². The van der Waals surface area contributed by atoms with Gasteiger partial charge in [-0.25, -0.2) is 0 Å². The van der Waals surface area contributed by atoms with Crippen LogP contribution < -0.4 is 5.73 Å². The molecule has 0 saturated carbocycles. The van der Waals surface area contributed by atoms with Gasteiger partial charge >= 0.3 is 0 Å². The van der Waals surface area contributed by atoms with Crippen molar-refractivity contribution in [2.24, 2.45) is 5.73 Å². The SMILES string of the molecule is CC(N)C(=O)N1CCN(S(=O)(=O)N2CCN(C)CC2)CC1.Cl. The summed E-state index contributed by atoms with van der Waals surface area (Å²) in [5.74, 6) is -0.119. The zero-order chi connectivity index (χ0) is 15.6. The number of hydrogen-bond donors (Lipinski definition) is 1. The van der Waals surface area contributed by atoms with Crippen molar-refractivity contribution in [1.29, 1.82) is 0 Å². The zero-order valence-electron chi connectivity index (χ0n) is 13.1. The van der Waals surface area contributed by atoms with Crippen molar-refractivity contribution in [3.05, 3.63) is 0 Å². The topological polar surface area (TPSA) is 90.2 Å². The maximum absolute atomic E-state index is 12.6. The summed E-state index contributed by atoms with van der Waals surface area (Å²) in [6.07, 6.45) is 0. The lowest BCUT2D eigenvalue weighted by Crippen LogP contribution is -2.58. The van der Waals surface area contributed by atoms with E-state index in [1.807, 2.05) is 7.05 Å². The standard InChI is InChI=1S/C12H25N5O3S.ClH/c1-11(13)12(18)15-5-9-17(10-6-15)21(19,20)16-7-3-14(2)4-8-16;/h11H,3-10,13H2,1-2H3;1H. The molecule has 8 nitrogen and oxygen atoms in total. The van der Waals surface area contributed by atoms with Gasteiger partial charge in [-0.1, -0.05) is 0 Å². The Kier molecular flexibility index (Phi) is 7.03. The van der Waals surface area contributed by atoms with E-state index in [2.05, 4.69) is 4.90 Å². The van der Waals surface area contributed by atoms with Crippen LogP contribution in [0, 0.1) is 0 Å². The van der Waals surface area contributed by atoms with Crippen LogP contribution in [-0.2, 0) is 15.0 Å². The molecule has 0 aliphatic carbocycles. The third kappa shape index (κ3) is 4.30. The van der Waals surface area contributed by atoms with Gasteiger partial charge in [0.05, 0.1) is 6.04 Å². The van der Waals surface area contributed by atoms with Crippen LogP contribution in [0.25, 0.3) is 0 Å². The number of likely N-dealkylation sites (N-methyl/N-ethyl adjacent to an activating group) is 1. The van der Waals surface area contributed by atoms with Gasteiger partial charge in [0, 0.05) is 52.4 Å². The molecule has 22 heavy (non-hydrogen) atoms. The third-order valence-electron chi connectivity index (χ3n) is 4.05. The van der Waals surface area contributed by atoms with Crippen LogP contribution in [0.5, 0.6) is 0 Å². The highest BCUT2D eigenvalue weighted by Crippen LogP contribution is 2.14. The van der Waals surface area contributed by atoms with E-state index in [1.165, 1.54) is 8.61 Å². The van der Waals surface area contributed by atoms with E-state index >= 15 is 0 Å². The number of amides is 1. The molecular weight excluding hydrogens is 330 g/mol. The summed E-state index contributed by atoms with van der Waals surface area (Å²) in [4.78, 5) is 15.6. The summed E-state index contributed by atoms with van der Waals surface area (Å²) in [6.45, 7) is 5.71. The smallest absolute Gasteiger partial charge is 0.282 e. The van der Waals surface area contributed by atoms with Crippen LogP contribution in [0.15, 0.2) is 0 Å². The highest BCUT2D eigenvalue weighted by atomic mass is 35.5. The lowest BCUT2D eigenvalue weighted by Gasteiger charge is -2.39. The molecule has 10 heteroatoms. The molecule has 0 radical (unpaired) electrons. The lowest BCUT2D eigenvalue weighted by molar-refractivity contribution is -0.133. The minimum absolute atomic E-state index is 0. The van der Waals surface area contributed by atoms with Gasteiger partial charge in [0.2, 0.25) is 5.91 Å². The molecule has 0 aromatic heterocycles. The van der Waals surface area contributed by atoms with Crippen LogP contribution in [-0.4, -0.2) is 98.2 Å². The van der Waals surface area contributed by atoms with E-state index in [0.717, 1.165) is 13.1 Å². The summed E-state index contributed by atoms with van der Waals surface area (Å²) < 4.78 is 28.1. The molecule has 2 aliphatic heterocycles. The first-order valence-corrected chi connectivity index (χ1v) is 8.70. The monoisotopic (exact) mass is 355 g/mol. The second-order valence-corrected chi connectivity index (χ2v) is 7.65. The fourth-order valence-corrected chi connectivity index (χ4v) is 4.19. The Labute approximate surface area is 138 Å². The van der Waals surface area contributed by atoms with Crippen LogP contribution in [0.1, 0.15) is 6.92 Å². The molecule has 0 bridgehead atoms. The van der Waals surface area contributed by atoms with Crippen LogP contribution in [0.2, 0.25) is 0 Å². The second kappa shape index (κ2) is 7.89. The molecule has 0 aromatic rings. The molecular formula is C12H26ClN5O3S. The second-order valence-electron chi connectivity index (χ2n) is 5.72. The van der Waals surface area contributed by atoms with Gasteiger partial charge in [0.1, 0.15) is 0 Å². The fourth-order valence-electron chi connectivity index (χ4n) is 2.61. The number of rotatable bonds is 3. The summed E-state index contributed by atoms with van der Waals surface area (Å²) >= 11 is 0. The molecule has 0 spiro atoms. The van der Waals surface area contributed by atoms with E-state index in [0.29, 0.717) is 39.3 Å². The van der Waals surface area contributed by atoms with Crippen molar-refractivity contribution in [2.75, 3.05) is 59.4 Å². The van der Waals surface area contributed by atoms with Gasteiger partial charge in [0.15, 0.2) is 0 Å². The Bertz CT molecular complexity index is 471. The number of nitrogens with zero attached hydrogens (tertiary/aromatic N) is 4. The minimum atomic E-state index is -3.41. The van der Waals surface area contributed by atoms with Gasteiger partial charge in [-0.2, -0.15) is 17.0 Å². The van der Waals surface area contributed by atoms with Gasteiger partial charge in [0.25, 0.3) is 10.2 Å². The number of piperazine rings is 2. The molecule has 130 valence electrons. The van der Waals surface area contributed by atoms with Crippen molar-refractivity contribution in [3.63, 3.8) is 0 Å². The van der Waals surface area contributed by atoms with Crippen molar-refractivity contribution in [2.45, 2.75) is 13.0 Å². The average molecular weight is 356 g/mol. The first-order chi connectivity index (χ1) is 9.82. The quantitative estimate of drug-likeness (QED) is 0.658. The number of halogens is 1. The fraction of sp³-hybridized carbons (Fsp3) is 0.917. The van der Waals surface area contributed by atoms with Crippen molar-refractivity contribution < 1.29 is 13.2 Å². The van der Waals surface area contributed by atoms with Crippen LogP contribution >= 0.6 is 12.4 Å². The Morgan fingerprint density at radius 2 is 1.36 bits per heavy atom. The molecule has 1 unspecified atom stereocenters. The van der Waals surface area contributed by atoms with E-state index < -0.39 is 16.3 Å². The normalized spacial score (nSPS) is 23.9. The molecule has 2 saturated heterocycles. The van der Waals surface area contributed by atoms with Crippen molar-refractivity contribution in [3.8, 4) is 0 Å². The molecule has 2 N–H and O–H groups in total. The number of nitrogens with two attached hydrogens (primary N) is 1. The largest absolute Gasteiger partial charge is 0.339 e. The Balaban J connectivity index is 0.00000242. The maximum atomic E-state index is 12.6. The molecule has 1 amide bonds. The van der Waals surface area contributed by atoms with Crippen LogP contribution in [0.4, 0.5) is 0 Å². The molecule has 1 atom stereocenters. The average Bonchev–Trinajstić information content (AvgIpc) is 2.47. The van der Waals surface area contributed by atoms with E-state index in [1.54, 1.807) is 11.8 Å². The summed E-state index contributed by atoms with van der Waals surface area (Å²) in [7, 11) is -1.42. The Morgan fingerprint density at radius 1 is 0.955 bits per heavy atom. The number of carbonyl (C=O) groups excluding carboxylic acids is 1. The molecule has 2 heterocycles. The first-order valence-electron chi connectivity index (χ1n) is 7.30. The van der Waals surface area contributed by atoms with Crippen LogP contribution in [0.3, 0.4) is 0 Å². The maximum Gasteiger partial charge on any atom is 0.282 e. The number of hydrogen-bond acceptors (Lipinski definition) is 5. The molecule has 2 aliphatic rings. The van der Waals surface area contributed by atoms with Crippen molar-refractivity contribution in [1.82, 2.24) is 18.4 Å². The lowest BCUT2D eigenvalue weighted by atomic mass is 10.2. The molecule has 2 rings (SSSR count). The van der Waals surface area contributed by atoms with E-state index in [9.17, 15) is 13.2 Å². The minimum Gasteiger partial charge on any atom is -0.339 e. The van der Waals surface area contributed by atoms with Gasteiger partial charge in [-0.05, 0) is 14.0 Å². The molecule has 0 aromatic carbocycles. The van der Waals surface area contributed by atoms with E-state index in [-0.39, 0.29) is 18.3 Å². The number of carbonyl (C=O) groups is 1. The summed E-state index contributed by atoms with van der Waals surface area (Å²) in [5, 5.41) is 0. The molecule has 2 fully saturated rings. The predicted octanol–water partition coefficient (Wildman–Crippen LogP) is -1.61. The third-order valence-corrected chi connectivity index (χ3v) is 6.09. The summed E-state index contributed by atoms with van der Waals surface area (Å²) in [5.41, 5.74) is 5.58. The summed E-state index contributed by atoms with van der Waals surface area (Å²) in [6, 6.07) is -0.536. The van der Waals surface area contributed by atoms with Gasteiger partial charge in [-0.15, -0.1) is 12.4 Å². The highest BCUT2D eigenvalue weighted by molar-refractivity contribution is 7.86. The Morgan fingerprint density at radius 3 is 1.77 bits per heavy atom. The van der Waals surface area contributed by atoms with Crippen molar-refractivity contribution >= 4 is 28.5 Å². The zero-order valence-corrected chi connectivity index (χ0v) is 14.8. The van der Waals surface area contributed by atoms with E-state index in [4.69, 9.17) is 5.73 Å². The predicted molar refractivity (Wildman–Crippen MR) is 87.0 cm³/mol. The Hall–Kier alpha value is -0.450. The highest BCUT2D eigenvalue weighted by Gasteiger charge is 2.34. The van der Waals surface area contributed by atoms with Gasteiger partial charge < -0.3 is 15.5 Å².